The molecule has 5 aromatic rings. The maximum atomic E-state index is 3.60. The van der Waals surface area contributed by atoms with Crippen LogP contribution in [0, 0.1) is 12.1 Å². The van der Waals surface area contributed by atoms with E-state index in [0.29, 0.717) is 0 Å². The Balaban J connectivity index is 1.40. The lowest BCUT2D eigenvalue weighted by atomic mass is 9.82. The van der Waals surface area contributed by atoms with Crippen LogP contribution < -0.4 is 5.32 Å². The highest BCUT2D eigenvalue weighted by Crippen LogP contribution is 2.49. The Kier molecular flexibility index (Phi) is 3.49. The Bertz CT molecular complexity index is 1440. The van der Waals surface area contributed by atoms with E-state index in [0.717, 1.165) is 22.1 Å². The SMILES string of the molecule is CC1(C)c2ccccc2-c2ccc(Nc3ccc4c(c#cc5ccccc54)c3)cc21. The molecule has 1 N–H and O–H groups in total. The third kappa shape index (κ3) is 2.44. The van der Waals surface area contributed by atoms with Crippen LogP contribution in [0.4, 0.5) is 11.4 Å². The lowest BCUT2D eigenvalue weighted by molar-refractivity contribution is 0.660. The van der Waals surface area contributed by atoms with Gasteiger partial charge in [-0.2, -0.15) is 0 Å². The van der Waals surface area contributed by atoms with Crippen LogP contribution >= 0.6 is 0 Å². The second-order valence-electron chi connectivity index (χ2n) is 8.61. The smallest absolute Gasteiger partial charge is 0.0397 e. The third-order valence-corrected chi connectivity index (χ3v) is 6.44. The van der Waals surface area contributed by atoms with Gasteiger partial charge in [0.05, 0.1) is 0 Å². The molecule has 1 nitrogen and oxygen atoms in total. The molecule has 142 valence electrons. The van der Waals surface area contributed by atoms with E-state index in [1.165, 1.54) is 33.0 Å². The lowest BCUT2D eigenvalue weighted by Crippen LogP contribution is -2.15. The number of fused-ring (bicyclic) bond motifs is 6. The number of hydrogen-bond acceptors (Lipinski definition) is 1. The molecule has 5 aromatic carbocycles. The summed E-state index contributed by atoms with van der Waals surface area (Å²) in [6.45, 7) is 4.63. The predicted molar refractivity (Wildman–Crippen MR) is 126 cm³/mol. The first-order valence-corrected chi connectivity index (χ1v) is 10.4. The summed E-state index contributed by atoms with van der Waals surface area (Å²) in [6, 6.07) is 36.9. The van der Waals surface area contributed by atoms with Crippen LogP contribution in [0.5, 0.6) is 0 Å². The zero-order chi connectivity index (χ0) is 20.3. The molecule has 0 atom stereocenters. The van der Waals surface area contributed by atoms with E-state index >= 15 is 0 Å². The number of rotatable bonds is 2. The van der Waals surface area contributed by atoms with Gasteiger partial charge in [0.1, 0.15) is 0 Å². The summed E-state index contributed by atoms with van der Waals surface area (Å²) in [6.07, 6.45) is 0. The Morgan fingerprint density at radius 2 is 1.27 bits per heavy atom. The van der Waals surface area contributed by atoms with Crippen LogP contribution in [0.2, 0.25) is 0 Å². The zero-order valence-corrected chi connectivity index (χ0v) is 17.1. The van der Waals surface area contributed by atoms with Gasteiger partial charge < -0.3 is 5.32 Å². The van der Waals surface area contributed by atoms with Crippen molar-refractivity contribution >= 4 is 32.9 Å². The van der Waals surface area contributed by atoms with Gasteiger partial charge in [-0.3, -0.25) is 0 Å². The number of benzene rings is 4. The van der Waals surface area contributed by atoms with Crippen molar-refractivity contribution in [3.63, 3.8) is 0 Å². The Morgan fingerprint density at radius 3 is 2.20 bits per heavy atom. The summed E-state index contributed by atoms with van der Waals surface area (Å²) in [5.41, 5.74) is 7.66. The maximum Gasteiger partial charge on any atom is 0.0397 e. The molecule has 0 fully saturated rings. The Morgan fingerprint density at radius 1 is 0.600 bits per heavy atom. The van der Waals surface area contributed by atoms with E-state index < -0.39 is 0 Å². The molecule has 0 bridgehead atoms. The summed E-state index contributed by atoms with van der Waals surface area (Å²) < 4.78 is 0. The predicted octanol–water partition coefficient (Wildman–Crippen LogP) is 7.64. The summed E-state index contributed by atoms with van der Waals surface area (Å²) in [5, 5.41) is 8.21. The number of hydrogen-bond donors (Lipinski definition) is 1. The van der Waals surface area contributed by atoms with Crippen molar-refractivity contribution in [1.82, 2.24) is 0 Å². The van der Waals surface area contributed by atoms with Crippen LogP contribution in [-0.2, 0) is 5.41 Å². The zero-order valence-electron chi connectivity index (χ0n) is 17.1. The molecule has 0 radical (unpaired) electrons. The van der Waals surface area contributed by atoms with Crippen molar-refractivity contribution in [2.45, 2.75) is 19.3 Å². The van der Waals surface area contributed by atoms with Crippen molar-refractivity contribution < 1.29 is 0 Å². The molecule has 0 saturated heterocycles. The van der Waals surface area contributed by atoms with Crippen LogP contribution in [-0.4, -0.2) is 0 Å². The fourth-order valence-electron chi connectivity index (χ4n) is 4.87. The highest BCUT2D eigenvalue weighted by atomic mass is 14.9. The molecule has 0 spiro atoms. The first kappa shape index (κ1) is 17.1. The van der Waals surface area contributed by atoms with Crippen molar-refractivity contribution in [3.8, 4) is 11.1 Å². The van der Waals surface area contributed by atoms with Crippen LogP contribution in [0.3, 0.4) is 0 Å². The van der Waals surface area contributed by atoms with Crippen molar-refractivity contribution in [2.75, 3.05) is 5.32 Å². The average Bonchev–Trinajstić information content (AvgIpc) is 3.00. The summed E-state index contributed by atoms with van der Waals surface area (Å²) >= 11 is 0. The van der Waals surface area contributed by atoms with Crippen LogP contribution in [0.15, 0.2) is 84.9 Å². The van der Waals surface area contributed by atoms with Gasteiger partial charge in [-0.15, -0.1) is 0 Å². The summed E-state index contributed by atoms with van der Waals surface area (Å²) in [7, 11) is 0. The summed E-state index contributed by atoms with van der Waals surface area (Å²) in [5.74, 6) is 0. The van der Waals surface area contributed by atoms with Gasteiger partial charge in [-0.05, 0) is 63.4 Å². The molecule has 30 heavy (non-hydrogen) atoms. The average molecular weight is 383 g/mol. The standard InChI is InChI=1S/C29H21N/c1-29(2)27-10-6-5-9-25(27)26-16-14-22(18-28(26)29)30-21-13-15-24-20(17-21)12-11-19-7-3-4-8-23(19)24/h3-10,13-18,30H,1-2H3. The van der Waals surface area contributed by atoms with Crippen molar-refractivity contribution in [2.24, 2.45) is 0 Å². The van der Waals surface area contributed by atoms with Crippen LogP contribution in [0.25, 0.3) is 32.7 Å². The fraction of sp³-hybridized carbons (Fsp3) is 0.103. The Labute approximate surface area is 177 Å². The normalized spacial score (nSPS) is 13.7. The lowest BCUT2D eigenvalue weighted by Gasteiger charge is -2.22. The van der Waals surface area contributed by atoms with E-state index in [1.54, 1.807) is 0 Å². The van der Waals surface area contributed by atoms with Gasteiger partial charge >= 0.3 is 0 Å². The van der Waals surface area contributed by atoms with Crippen molar-refractivity contribution in [3.05, 3.63) is 108 Å². The van der Waals surface area contributed by atoms with Crippen LogP contribution in [0.1, 0.15) is 25.0 Å². The molecule has 1 aliphatic rings. The Hall–Kier alpha value is -3.76. The minimum atomic E-state index is 0.00859. The van der Waals surface area contributed by atoms with Gasteiger partial charge in [0.2, 0.25) is 0 Å². The number of anilines is 2. The first-order chi connectivity index (χ1) is 14.6. The van der Waals surface area contributed by atoms with E-state index in [-0.39, 0.29) is 5.41 Å². The van der Waals surface area contributed by atoms with Gasteiger partial charge in [0.15, 0.2) is 0 Å². The van der Waals surface area contributed by atoms with E-state index in [2.05, 4.69) is 110 Å². The molecular formula is C29H21N. The van der Waals surface area contributed by atoms with Gasteiger partial charge in [0, 0.05) is 27.6 Å². The van der Waals surface area contributed by atoms with Gasteiger partial charge in [-0.25, -0.2) is 0 Å². The minimum absolute atomic E-state index is 0.00859. The quantitative estimate of drug-likeness (QED) is 0.330. The third-order valence-electron chi connectivity index (χ3n) is 6.44. The van der Waals surface area contributed by atoms with E-state index in [4.69, 9.17) is 0 Å². The largest absolute Gasteiger partial charge is 0.355 e. The molecule has 0 saturated carbocycles. The molecule has 1 aliphatic carbocycles. The second kappa shape index (κ2) is 6.12. The molecule has 0 heterocycles. The monoisotopic (exact) mass is 383 g/mol. The molecule has 1 heteroatoms. The minimum Gasteiger partial charge on any atom is -0.355 e. The maximum absolute atomic E-state index is 3.60. The molecule has 6 rings (SSSR count). The van der Waals surface area contributed by atoms with E-state index in [9.17, 15) is 0 Å². The molecule has 0 aliphatic heterocycles. The fourth-order valence-corrected chi connectivity index (χ4v) is 4.87. The highest BCUT2D eigenvalue weighted by molar-refractivity contribution is 6.06. The molecule has 0 amide bonds. The topological polar surface area (TPSA) is 12.0 Å². The first-order valence-electron chi connectivity index (χ1n) is 10.4. The number of nitrogens with one attached hydrogen (secondary N) is 1. The molecular weight excluding hydrogens is 362 g/mol. The van der Waals surface area contributed by atoms with Gasteiger partial charge in [-0.1, -0.05) is 80.6 Å². The molecule has 0 unspecified atom stereocenters. The van der Waals surface area contributed by atoms with E-state index in [1.807, 2.05) is 6.07 Å². The van der Waals surface area contributed by atoms with Crippen molar-refractivity contribution in [1.29, 1.82) is 0 Å². The van der Waals surface area contributed by atoms with Gasteiger partial charge in [0.25, 0.3) is 0 Å². The molecule has 0 aromatic heterocycles. The second-order valence-corrected chi connectivity index (χ2v) is 8.61. The summed E-state index contributed by atoms with van der Waals surface area (Å²) in [4.78, 5) is 0. The highest BCUT2D eigenvalue weighted by Gasteiger charge is 2.35.